The number of rotatable bonds is 6. The van der Waals surface area contributed by atoms with Crippen LogP contribution in [0, 0.1) is 0 Å². The van der Waals surface area contributed by atoms with E-state index in [1.165, 1.54) is 12.1 Å². The second kappa shape index (κ2) is 6.71. The number of ether oxygens (including phenoxy) is 1. The largest absolute Gasteiger partial charge is 0.376 e. The van der Waals surface area contributed by atoms with Gasteiger partial charge in [0.1, 0.15) is 0 Å². The third kappa shape index (κ3) is 3.57. The lowest BCUT2D eigenvalue weighted by Gasteiger charge is -2.26. The van der Waals surface area contributed by atoms with Crippen molar-refractivity contribution in [2.75, 3.05) is 24.6 Å². The van der Waals surface area contributed by atoms with E-state index in [4.69, 9.17) is 4.74 Å². The number of hydrogen-bond acceptors (Lipinski definition) is 3. The topological polar surface area (TPSA) is 29.5 Å². The first-order chi connectivity index (χ1) is 9.24. The molecule has 3 heteroatoms. The third-order valence-corrected chi connectivity index (χ3v) is 3.71. The van der Waals surface area contributed by atoms with E-state index in [0.717, 1.165) is 31.7 Å². The number of carbonyl (C=O) groups is 1. The zero-order valence-electron chi connectivity index (χ0n) is 11.9. The van der Waals surface area contributed by atoms with E-state index in [1.54, 1.807) is 0 Å². The molecule has 1 aliphatic heterocycles. The Labute approximate surface area is 115 Å². The molecule has 1 unspecified atom stereocenters. The van der Waals surface area contributed by atoms with Crippen LogP contribution in [0.4, 0.5) is 5.69 Å². The van der Waals surface area contributed by atoms with Crippen LogP contribution in [0.5, 0.6) is 0 Å². The fourth-order valence-electron chi connectivity index (χ4n) is 2.51. The minimum absolute atomic E-state index is 0.203. The van der Waals surface area contributed by atoms with Crippen molar-refractivity contribution in [1.29, 1.82) is 0 Å². The predicted octanol–water partition coefficient (Wildman–Crippen LogP) is 3.28. The smallest absolute Gasteiger partial charge is 0.162 e. The standard InChI is InChI=1S/C16H23NO2/c1-3-16(18)13-7-9-14(10-8-13)17(4-2)12-15-6-5-11-19-15/h7-10,15H,3-6,11-12H2,1-2H3. The summed E-state index contributed by atoms with van der Waals surface area (Å²) in [6, 6.07) is 7.95. The molecule has 1 atom stereocenters. The Hall–Kier alpha value is -1.35. The Morgan fingerprint density at radius 2 is 2.05 bits per heavy atom. The van der Waals surface area contributed by atoms with Crippen LogP contribution in [0.3, 0.4) is 0 Å². The van der Waals surface area contributed by atoms with Crippen molar-refractivity contribution < 1.29 is 9.53 Å². The Kier molecular flexibility index (Phi) is 4.97. The van der Waals surface area contributed by atoms with E-state index in [0.29, 0.717) is 12.5 Å². The molecule has 0 amide bonds. The average molecular weight is 261 g/mol. The van der Waals surface area contributed by atoms with Gasteiger partial charge in [0.2, 0.25) is 0 Å². The minimum Gasteiger partial charge on any atom is -0.376 e. The van der Waals surface area contributed by atoms with Gasteiger partial charge in [-0.3, -0.25) is 4.79 Å². The summed E-state index contributed by atoms with van der Waals surface area (Å²) in [4.78, 5) is 13.9. The molecule has 0 radical (unpaired) electrons. The Morgan fingerprint density at radius 3 is 2.58 bits per heavy atom. The molecule has 3 nitrogen and oxygen atoms in total. The van der Waals surface area contributed by atoms with Crippen LogP contribution in [-0.4, -0.2) is 31.6 Å². The Morgan fingerprint density at radius 1 is 1.32 bits per heavy atom. The summed E-state index contributed by atoms with van der Waals surface area (Å²) in [6.45, 7) is 6.84. The molecule has 0 aliphatic carbocycles. The van der Waals surface area contributed by atoms with Crippen molar-refractivity contribution >= 4 is 11.5 Å². The number of carbonyl (C=O) groups excluding carboxylic acids is 1. The first-order valence-corrected chi connectivity index (χ1v) is 7.24. The normalized spacial score (nSPS) is 18.5. The van der Waals surface area contributed by atoms with E-state index in [-0.39, 0.29) is 5.78 Å². The van der Waals surface area contributed by atoms with Gasteiger partial charge in [-0.05, 0) is 44.0 Å². The van der Waals surface area contributed by atoms with E-state index in [1.807, 2.05) is 31.2 Å². The fourth-order valence-corrected chi connectivity index (χ4v) is 2.51. The lowest BCUT2D eigenvalue weighted by atomic mass is 10.1. The molecule has 1 aliphatic rings. The number of nitrogens with zero attached hydrogens (tertiary/aromatic N) is 1. The lowest BCUT2D eigenvalue weighted by molar-refractivity contribution is 0.0988. The van der Waals surface area contributed by atoms with Gasteiger partial charge in [0, 0.05) is 37.4 Å². The van der Waals surface area contributed by atoms with Crippen molar-refractivity contribution in [3.05, 3.63) is 29.8 Å². The van der Waals surface area contributed by atoms with Gasteiger partial charge in [-0.25, -0.2) is 0 Å². The maximum atomic E-state index is 11.6. The highest BCUT2D eigenvalue weighted by Crippen LogP contribution is 2.20. The maximum absolute atomic E-state index is 11.6. The molecule has 1 aromatic carbocycles. The van der Waals surface area contributed by atoms with Crippen LogP contribution in [0.15, 0.2) is 24.3 Å². The van der Waals surface area contributed by atoms with Gasteiger partial charge in [0.15, 0.2) is 5.78 Å². The third-order valence-electron chi connectivity index (χ3n) is 3.71. The van der Waals surface area contributed by atoms with E-state index in [2.05, 4.69) is 11.8 Å². The fraction of sp³-hybridized carbons (Fsp3) is 0.562. The van der Waals surface area contributed by atoms with Crippen molar-refractivity contribution in [1.82, 2.24) is 0 Å². The van der Waals surface area contributed by atoms with Gasteiger partial charge in [-0.2, -0.15) is 0 Å². The zero-order valence-corrected chi connectivity index (χ0v) is 11.9. The summed E-state index contributed by atoms with van der Waals surface area (Å²) in [5.74, 6) is 0.203. The zero-order chi connectivity index (χ0) is 13.7. The van der Waals surface area contributed by atoms with E-state index < -0.39 is 0 Å². The molecule has 104 valence electrons. The SMILES string of the molecule is CCC(=O)c1ccc(N(CC)CC2CCCO2)cc1. The number of ketones is 1. The van der Waals surface area contributed by atoms with Gasteiger partial charge in [0.25, 0.3) is 0 Å². The second-order valence-corrected chi connectivity index (χ2v) is 5.00. The van der Waals surface area contributed by atoms with Gasteiger partial charge in [-0.15, -0.1) is 0 Å². The maximum Gasteiger partial charge on any atom is 0.162 e. The molecule has 0 saturated carbocycles. The average Bonchev–Trinajstić information content (AvgIpc) is 2.97. The molecular formula is C16H23NO2. The minimum atomic E-state index is 0.203. The lowest BCUT2D eigenvalue weighted by Crippen LogP contribution is -2.31. The van der Waals surface area contributed by atoms with Gasteiger partial charge in [-0.1, -0.05) is 6.92 Å². The second-order valence-electron chi connectivity index (χ2n) is 5.00. The molecule has 1 aromatic rings. The molecule has 0 bridgehead atoms. The van der Waals surface area contributed by atoms with Crippen LogP contribution in [-0.2, 0) is 4.74 Å². The highest BCUT2D eigenvalue weighted by molar-refractivity contribution is 5.96. The first-order valence-electron chi connectivity index (χ1n) is 7.24. The van der Waals surface area contributed by atoms with Crippen LogP contribution >= 0.6 is 0 Å². The molecule has 1 saturated heterocycles. The van der Waals surface area contributed by atoms with Gasteiger partial charge in [0.05, 0.1) is 6.10 Å². The van der Waals surface area contributed by atoms with Crippen LogP contribution in [0.1, 0.15) is 43.5 Å². The molecule has 2 rings (SSSR count). The van der Waals surface area contributed by atoms with Crippen molar-refractivity contribution in [2.45, 2.75) is 39.2 Å². The van der Waals surface area contributed by atoms with Crippen molar-refractivity contribution in [3.8, 4) is 0 Å². The number of hydrogen-bond donors (Lipinski definition) is 0. The van der Waals surface area contributed by atoms with Gasteiger partial charge >= 0.3 is 0 Å². The van der Waals surface area contributed by atoms with Crippen LogP contribution < -0.4 is 4.90 Å². The molecule has 1 fully saturated rings. The predicted molar refractivity (Wildman–Crippen MR) is 77.9 cm³/mol. The molecular weight excluding hydrogens is 238 g/mol. The van der Waals surface area contributed by atoms with Crippen LogP contribution in [0.2, 0.25) is 0 Å². The summed E-state index contributed by atoms with van der Waals surface area (Å²) in [5.41, 5.74) is 1.98. The van der Waals surface area contributed by atoms with Gasteiger partial charge < -0.3 is 9.64 Å². The van der Waals surface area contributed by atoms with Crippen molar-refractivity contribution in [2.24, 2.45) is 0 Å². The molecule has 0 spiro atoms. The van der Waals surface area contributed by atoms with Crippen LogP contribution in [0.25, 0.3) is 0 Å². The van der Waals surface area contributed by atoms with E-state index in [9.17, 15) is 4.79 Å². The number of likely N-dealkylation sites (N-methyl/N-ethyl adjacent to an activating group) is 1. The number of benzene rings is 1. The van der Waals surface area contributed by atoms with E-state index >= 15 is 0 Å². The Bertz CT molecular complexity index is 407. The number of Topliss-reactive ketones (excluding diaryl/α,β-unsaturated/α-hetero) is 1. The summed E-state index contributed by atoms with van der Waals surface area (Å²) < 4.78 is 5.69. The highest BCUT2D eigenvalue weighted by Gasteiger charge is 2.18. The summed E-state index contributed by atoms with van der Waals surface area (Å²) >= 11 is 0. The molecule has 19 heavy (non-hydrogen) atoms. The first kappa shape index (κ1) is 14.1. The van der Waals surface area contributed by atoms with Crippen molar-refractivity contribution in [3.63, 3.8) is 0 Å². The highest BCUT2D eigenvalue weighted by atomic mass is 16.5. The quantitative estimate of drug-likeness (QED) is 0.736. The summed E-state index contributed by atoms with van der Waals surface area (Å²) in [6.07, 6.45) is 3.25. The Balaban J connectivity index is 2.03. The summed E-state index contributed by atoms with van der Waals surface area (Å²) in [5, 5.41) is 0. The monoisotopic (exact) mass is 261 g/mol. The summed E-state index contributed by atoms with van der Waals surface area (Å²) in [7, 11) is 0. The molecule has 1 heterocycles. The molecule has 0 N–H and O–H groups in total. The molecule has 0 aromatic heterocycles. The number of anilines is 1.